The van der Waals surface area contributed by atoms with Crippen LogP contribution < -0.4 is 0 Å². The molecule has 0 saturated carbocycles. The second kappa shape index (κ2) is 6.88. The van der Waals surface area contributed by atoms with Gasteiger partial charge in [0.25, 0.3) is 0 Å². The van der Waals surface area contributed by atoms with Crippen molar-refractivity contribution in [2.45, 2.75) is 19.4 Å². The van der Waals surface area contributed by atoms with Crippen LogP contribution in [0.1, 0.15) is 12.8 Å². The summed E-state index contributed by atoms with van der Waals surface area (Å²) >= 11 is 5.79. The summed E-state index contributed by atoms with van der Waals surface area (Å²) in [6.45, 7) is 0.384. The lowest BCUT2D eigenvalue weighted by Gasteiger charge is -2.11. The zero-order valence-electron chi connectivity index (χ0n) is 11.1. The predicted molar refractivity (Wildman–Crippen MR) is 76.6 cm³/mol. The van der Waals surface area contributed by atoms with Gasteiger partial charge in [0, 0.05) is 18.2 Å². The third kappa shape index (κ3) is 3.59. The Morgan fingerprint density at radius 1 is 1.33 bits per heavy atom. The summed E-state index contributed by atoms with van der Waals surface area (Å²) in [6.07, 6.45) is 2.44. The molecule has 0 spiro atoms. The molecule has 0 N–H and O–H groups in total. The third-order valence-electron chi connectivity index (χ3n) is 3.11. The van der Waals surface area contributed by atoms with Gasteiger partial charge in [-0.3, -0.25) is 4.68 Å². The van der Waals surface area contributed by atoms with E-state index in [9.17, 15) is 4.39 Å². The fourth-order valence-corrected chi connectivity index (χ4v) is 2.20. The van der Waals surface area contributed by atoms with Crippen molar-refractivity contribution < 1.29 is 4.39 Å². The molecule has 0 fully saturated rings. The molecule has 0 aliphatic carbocycles. The van der Waals surface area contributed by atoms with Gasteiger partial charge >= 0.3 is 0 Å². The van der Waals surface area contributed by atoms with Crippen LogP contribution in [0.4, 0.5) is 4.39 Å². The molecule has 1 heterocycles. The quantitative estimate of drug-likeness (QED) is 0.844. The number of halogens is 2. The van der Waals surface area contributed by atoms with Gasteiger partial charge < -0.3 is 0 Å². The van der Waals surface area contributed by atoms with Crippen molar-refractivity contribution >= 4 is 11.6 Å². The zero-order valence-corrected chi connectivity index (χ0v) is 11.9. The Bertz CT molecular complexity index is 711. The Morgan fingerprint density at radius 3 is 2.81 bits per heavy atom. The maximum absolute atomic E-state index is 13.2. The fourth-order valence-electron chi connectivity index (χ4n) is 2.02. The second-order valence-electron chi connectivity index (χ2n) is 4.55. The Kier molecular flexibility index (Phi) is 4.92. The van der Waals surface area contributed by atoms with Gasteiger partial charge in [-0.1, -0.05) is 11.6 Å². The Morgan fingerprint density at radius 2 is 2.14 bits per heavy atom. The van der Waals surface area contributed by atoms with Crippen LogP contribution in [0.2, 0.25) is 5.02 Å². The lowest BCUT2D eigenvalue weighted by Crippen LogP contribution is -2.11. The molecule has 0 radical (unpaired) electrons. The maximum atomic E-state index is 13.2. The molecule has 0 amide bonds. The van der Waals surface area contributed by atoms with Crippen molar-refractivity contribution in [1.82, 2.24) is 9.78 Å². The minimum absolute atomic E-state index is 0.0431. The molecule has 0 aliphatic rings. The average Bonchev–Trinajstić information content (AvgIpc) is 2.94. The van der Waals surface area contributed by atoms with Crippen molar-refractivity contribution in [2.24, 2.45) is 5.92 Å². The molecule has 0 unspecified atom stereocenters. The van der Waals surface area contributed by atoms with E-state index in [1.807, 2.05) is 6.07 Å². The molecule has 106 valence electrons. The first kappa shape index (κ1) is 15.0. The van der Waals surface area contributed by atoms with Crippen molar-refractivity contribution in [1.29, 1.82) is 10.5 Å². The lowest BCUT2D eigenvalue weighted by molar-refractivity contribution is 0.480. The molecule has 1 atom stereocenters. The van der Waals surface area contributed by atoms with E-state index >= 15 is 0 Å². The van der Waals surface area contributed by atoms with Gasteiger partial charge in [0.05, 0.1) is 35.3 Å². The number of hydrogen-bond acceptors (Lipinski definition) is 3. The van der Waals surface area contributed by atoms with Crippen LogP contribution in [-0.4, -0.2) is 9.78 Å². The van der Waals surface area contributed by atoms with Crippen molar-refractivity contribution in [3.8, 4) is 23.4 Å². The monoisotopic (exact) mass is 302 g/mol. The van der Waals surface area contributed by atoms with Crippen LogP contribution in [0.15, 0.2) is 30.5 Å². The molecule has 0 bridgehead atoms. The standard InChI is InChI=1S/C15H12ClFN4/c16-13-8-12(3-4-14(13)17)15-5-7-20-21(15)10-11(9-19)2-1-6-18/h3-5,7-8,11H,1-2,10H2/t11-/m0/s1. The summed E-state index contributed by atoms with van der Waals surface area (Å²) in [4.78, 5) is 0. The minimum atomic E-state index is -0.476. The summed E-state index contributed by atoms with van der Waals surface area (Å²) in [5.74, 6) is -0.769. The summed E-state index contributed by atoms with van der Waals surface area (Å²) in [5, 5.41) is 21.9. The second-order valence-corrected chi connectivity index (χ2v) is 4.96. The summed E-state index contributed by atoms with van der Waals surface area (Å²) in [7, 11) is 0. The SMILES string of the molecule is N#CCC[C@@H](C#N)Cn1nccc1-c1ccc(F)c(Cl)c1. The van der Waals surface area contributed by atoms with Crippen molar-refractivity contribution in [3.05, 3.63) is 41.3 Å². The van der Waals surface area contributed by atoms with Crippen molar-refractivity contribution in [3.63, 3.8) is 0 Å². The van der Waals surface area contributed by atoms with Crippen LogP contribution in [0.3, 0.4) is 0 Å². The Labute approximate surface area is 127 Å². The Balaban J connectivity index is 2.24. The summed E-state index contributed by atoms with van der Waals surface area (Å²) < 4.78 is 14.9. The van der Waals surface area contributed by atoms with Crippen molar-refractivity contribution in [2.75, 3.05) is 0 Å². The molecule has 0 aliphatic heterocycles. The van der Waals surface area contributed by atoms with Gasteiger partial charge in [0.2, 0.25) is 0 Å². The Hall–Kier alpha value is -2.37. The van der Waals surface area contributed by atoms with Crippen LogP contribution in [-0.2, 0) is 6.54 Å². The van der Waals surface area contributed by atoms with Gasteiger partial charge in [-0.25, -0.2) is 4.39 Å². The molecule has 1 aromatic heterocycles. The number of rotatable bonds is 5. The molecule has 1 aromatic carbocycles. The van der Waals surface area contributed by atoms with E-state index in [1.165, 1.54) is 12.1 Å². The molecule has 6 heteroatoms. The maximum Gasteiger partial charge on any atom is 0.141 e. The third-order valence-corrected chi connectivity index (χ3v) is 3.40. The molecule has 0 saturated heterocycles. The van der Waals surface area contributed by atoms with Crippen LogP contribution in [0.5, 0.6) is 0 Å². The highest BCUT2D eigenvalue weighted by molar-refractivity contribution is 6.31. The molecule has 2 rings (SSSR count). The van der Waals surface area contributed by atoms with Gasteiger partial charge in [-0.15, -0.1) is 0 Å². The largest absolute Gasteiger partial charge is 0.264 e. The van der Waals surface area contributed by atoms with Crippen LogP contribution in [0.25, 0.3) is 11.3 Å². The van der Waals surface area contributed by atoms with E-state index in [4.69, 9.17) is 22.1 Å². The molecule has 2 aromatic rings. The van der Waals surface area contributed by atoms with Gasteiger partial charge in [0.15, 0.2) is 0 Å². The molecular weight excluding hydrogens is 291 g/mol. The van der Waals surface area contributed by atoms with Gasteiger partial charge in [0.1, 0.15) is 5.82 Å². The van der Waals surface area contributed by atoms with Gasteiger partial charge in [-0.2, -0.15) is 15.6 Å². The van der Waals surface area contributed by atoms with E-state index < -0.39 is 5.82 Å². The number of benzene rings is 1. The number of hydrogen-bond donors (Lipinski definition) is 0. The fraction of sp³-hybridized carbons (Fsp3) is 0.267. The predicted octanol–water partition coefficient (Wildman–Crippen LogP) is 3.79. The highest BCUT2D eigenvalue weighted by Gasteiger charge is 2.13. The van der Waals surface area contributed by atoms with Crippen LogP contribution in [0, 0.1) is 34.4 Å². The first-order chi connectivity index (χ1) is 10.2. The number of nitriles is 2. The van der Waals surface area contributed by atoms with E-state index in [-0.39, 0.29) is 10.9 Å². The molecule has 21 heavy (non-hydrogen) atoms. The first-order valence-electron chi connectivity index (χ1n) is 6.39. The highest BCUT2D eigenvalue weighted by atomic mass is 35.5. The van der Waals surface area contributed by atoms with E-state index in [0.29, 0.717) is 19.4 Å². The van der Waals surface area contributed by atoms with E-state index in [1.54, 1.807) is 23.0 Å². The van der Waals surface area contributed by atoms with E-state index in [0.717, 1.165) is 11.3 Å². The van der Waals surface area contributed by atoms with Crippen LogP contribution >= 0.6 is 11.6 Å². The topological polar surface area (TPSA) is 65.4 Å². The summed E-state index contributed by atoms with van der Waals surface area (Å²) in [6, 6.07) is 10.4. The number of nitrogens with zero attached hydrogens (tertiary/aromatic N) is 4. The molecule has 4 nitrogen and oxygen atoms in total. The molecular formula is C15H12ClFN4. The lowest BCUT2D eigenvalue weighted by atomic mass is 10.1. The average molecular weight is 303 g/mol. The smallest absolute Gasteiger partial charge is 0.141 e. The van der Waals surface area contributed by atoms with Gasteiger partial charge in [-0.05, 0) is 30.7 Å². The highest BCUT2D eigenvalue weighted by Crippen LogP contribution is 2.25. The summed E-state index contributed by atoms with van der Waals surface area (Å²) in [5.41, 5.74) is 1.49. The number of aromatic nitrogens is 2. The zero-order chi connectivity index (χ0) is 15.2. The minimum Gasteiger partial charge on any atom is -0.264 e. The normalized spacial score (nSPS) is 11.6. The first-order valence-corrected chi connectivity index (χ1v) is 6.77. The van der Waals surface area contributed by atoms with E-state index in [2.05, 4.69) is 11.2 Å².